The Morgan fingerprint density at radius 1 is 1.20 bits per heavy atom. The molecule has 3 aromatic heterocycles. The number of halogens is 1. The lowest BCUT2D eigenvalue weighted by atomic mass is 9.97. The summed E-state index contributed by atoms with van der Waals surface area (Å²) in [4.78, 5) is 23.7. The molecular weight excluding hydrogens is 401 g/mol. The lowest BCUT2D eigenvalue weighted by Gasteiger charge is -2.30. The predicted octanol–water partition coefficient (Wildman–Crippen LogP) is 4.32. The van der Waals surface area contributed by atoms with Crippen LogP contribution in [0.1, 0.15) is 40.1 Å². The standard InChI is InChI=1S/C22H20FN5OS/c1-14-24-19(13-30-14)22(29)27-9-3-5-17(11-27)21-25-20-8-7-16(12-28(20)26-21)15-4-2-6-18(23)10-15/h2,4,6-8,10,12-13,17H,3,5,9,11H2,1H3/t17-/m1/s1. The smallest absolute Gasteiger partial charge is 0.273 e. The zero-order valence-electron chi connectivity index (χ0n) is 16.5. The van der Waals surface area contributed by atoms with Crippen molar-refractivity contribution in [1.82, 2.24) is 24.5 Å². The Kier molecular flexibility index (Phi) is 4.78. The number of rotatable bonds is 3. The molecule has 1 amide bonds. The van der Waals surface area contributed by atoms with Gasteiger partial charge in [-0.3, -0.25) is 4.79 Å². The van der Waals surface area contributed by atoms with Gasteiger partial charge in [0.25, 0.3) is 5.91 Å². The first-order valence-electron chi connectivity index (χ1n) is 9.90. The highest BCUT2D eigenvalue weighted by atomic mass is 32.1. The van der Waals surface area contributed by atoms with Crippen LogP contribution in [0.3, 0.4) is 0 Å². The van der Waals surface area contributed by atoms with Crippen LogP contribution in [0.5, 0.6) is 0 Å². The second-order valence-electron chi connectivity index (χ2n) is 7.54. The van der Waals surface area contributed by atoms with Crippen molar-refractivity contribution < 1.29 is 9.18 Å². The molecule has 0 aliphatic carbocycles. The quantitative estimate of drug-likeness (QED) is 0.494. The maximum atomic E-state index is 13.6. The van der Waals surface area contributed by atoms with Gasteiger partial charge in [0, 0.05) is 36.1 Å². The molecular formula is C22H20FN5OS. The van der Waals surface area contributed by atoms with Crippen molar-refractivity contribution in [1.29, 1.82) is 0 Å². The number of benzene rings is 1. The third-order valence-electron chi connectivity index (χ3n) is 5.42. The summed E-state index contributed by atoms with van der Waals surface area (Å²) in [6, 6.07) is 10.3. The minimum absolute atomic E-state index is 0.0267. The molecule has 1 fully saturated rings. The van der Waals surface area contributed by atoms with Crippen molar-refractivity contribution in [3.63, 3.8) is 0 Å². The van der Waals surface area contributed by atoms with Crippen molar-refractivity contribution >= 4 is 22.9 Å². The summed E-state index contributed by atoms with van der Waals surface area (Å²) in [7, 11) is 0. The Morgan fingerprint density at radius 2 is 2.10 bits per heavy atom. The fraction of sp³-hybridized carbons (Fsp3) is 0.273. The van der Waals surface area contributed by atoms with Crippen molar-refractivity contribution in [3.05, 3.63) is 70.3 Å². The molecule has 0 bridgehead atoms. The number of carbonyl (C=O) groups excluding carboxylic acids is 1. The van der Waals surface area contributed by atoms with Gasteiger partial charge in [-0.15, -0.1) is 11.3 Å². The molecule has 30 heavy (non-hydrogen) atoms. The number of amides is 1. The van der Waals surface area contributed by atoms with Gasteiger partial charge in [0.15, 0.2) is 11.5 Å². The second kappa shape index (κ2) is 7.60. The van der Waals surface area contributed by atoms with E-state index in [1.54, 1.807) is 10.6 Å². The number of thiazole rings is 1. The average molecular weight is 422 g/mol. The first-order valence-corrected chi connectivity index (χ1v) is 10.8. The van der Waals surface area contributed by atoms with Gasteiger partial charge in [0.05, 0.1) is 5.01 Å². The number of pyridine rings is 1. The predicted molar refractivity (Wildman–Crippen MR) is 113 cm³/mol. The third kappa shape index (κ3) is 3.59. The number of hydrogen-bond acceptors (Lipinski definition) is 5. The van der Waals surface area contributed by atoms with E-state index < -0.39 is 0 Å². The monoisotopic (exact) mass is 421 g/mol. The summed E-state index contributed by atoms with van der Waals surface area (Å²) < 4.78 is 15.3. The van der Waals surface area contributed by atoms with Gasteiger partial charge in [-0.1, -0.05) is 12.1 Å². The van der Waals surface area contributed by atoms with Crippen molar-refractivity contribution in [3.8, 4) is 11.1 Å². The van der Waals surface area contributed by atoms with Gasteiger partial charge in [0.1, 0.15) is 11.5 Å². The van der Waals surface area contributed by atoms with Gasteiger partial charge in [0.2, 0.25) is 0 Å². The minimum atomic E-state index is -0.269. The number of carbonyl (C=O) groups is 1. The van der Waals surface area contributed by atoms with E-state index in [2.05, 4.69) is 15.1 Å². The van der Waals surface area contributed by atoms with Gasteiger partial charge in [-0.2, -0.15) is 5.10 Å². The third-order valence-corrected chi connectivity index (χ3v) is 6.19. The Bertz CT molecular complexity index is 1230. The summed E-state index contributed by atoms with van der Waals surface area (Å²) in [5.41, 5.74) is 2.92. The number of aromatic nitrogens is 4. The normalized spacial score (nSPS) is 16.9. The number of hydrogen-bond donors (Lipinski definition) is 0. The summed E-state index contributed by atoms with van der Waals surface area (Å²) in [5, 5.41) is 7.39. The fourth-order valence-electron chi connectivity index (χ4n) is 3.91. The van der Waals surface area contributed by atoms with Crippen molar-refractivity contribution in [2.75, 3.05) is 13.1 Å². The lowest BCUT2D eigenvalue weighted by molar-refractivity contribution is 0.0699. The molecule has 0 saturated carbocycles. The molecule has 0 radical (unpaired) electrons. The van der Waals surface area contributed by atoms with E-state index in [0.29, 0.717) is 12.2 Å². The molecule has 152 valence electrons. The number of likely N-dealkylation sites (tertiary alicyclic amines) is 1. The first kappa shape index (κ1) is 18.9. The second-order valence-corrected chi connectivity index (χ2v) is 8.61. The maximum Gasteiger partial charge on any atom is 0.273 e. The van der Waals surface area contributed by atoms with E-state index in [9.17, 15) is 9.18 Å². The molecule has 1 aliphatic rings. The Labute approximate surface area is 177 Å². The molecule has 6 nitrogen and oxygen atoms in total. The van der Waals surface area contributed by atoms with E-state index in [1.807, 2.05) is 41.6 Å². The molecule has 1 atom stereocenters. The zero-order chi connectivity index (χ0) is 20.7. The SMILES string of the molecule is Cc1nc(C(=O)N2CCC[C@@H](c3nc4ccc(-c5cccc(F)c5)cn4n3)C2)cs1. The molecule has 0 N–H and O–H groups in total. The Hall–Kier alpha value is -3.13. The highest BCUT2D eigenvalue weighted by Crippen LogP contribution is 2.27. The van der Waals surface area contributed by atoms with Gasteiger partial charge in [-0.25, -0.2) is 18.9 Å². The van der Waals surface area contributed by atoms with Crippen molar-refractivity contribution in [2.24, 2.45) is 0 Å². The summed E-state index contributed by atoms with van der Waals surface area (Å²) in [6.45, 7) is 3.21. The number of piperidine rings is 1. The van der Waals surface area contributed by atoms with Gasteiger partial charge >= 0.3 is 0 Å². The molecule has 1 saturated heterocycles. The van der Waals surface area contributed by atoms with Crippen LogP contribution < -0.4 is 0 Å². The fourth-order valence-corrected chi connectivity index (χ4v) is 4.49. The molecule has 8 heteroatoms. The van der Waals surface area contributed by atoms with Crippen LogP contribution in [-0.2, 0) is 0 Å². The highest BCUT2D eigenvalue weighted by molar-refractivity contribution is 7.09. The molecule has 0 spiro atoms. The van der Waals surface area contributed by atoms with Crippen molar-refractivity contribution in [2.45, 2.75) is 25.7 Å². The molecule has 1 aromatic carbocycles. The molecule has 4 aromatic rings. The van der Waals surface area contributed by atoms with Gasteiger partial charge < -0.3 is 4.90 Å². The van der Waals surface area contributed by atoms with Crippen LogP contribution in [0.15, 0.2) is 48.0 Å². The summed E-state index contributed by atoms with van der Waals surface area (Å²) in [6.07, 6.45) is 3.71. The topological polar surface area (TPSA) is 63.4 Å². The largest absolute Gasteiger partial charge is 0.337 e. The van der Waals surface area contributed by atoms with E-state index in [-0.39, 0.29) is 17.6 Å². The highest BCUT2D eigenvalue weighted by Gasteiger charge is 2.29. The van der Waals surface area contributed by atoms with Crippen LogP contribution in [0.2, 0.25) is 0 Å². The van der Waals surface area contributed by atoms with E-state index in [0.717, 1.165) is 47.0 Å². The minimum Gasteiger partial charge on any atom is -0.337 e. The number of nitrogens with zero attached hydrogens (tertiary/aromatic N) is 5. The molecule has 4 heterocycles. The van der Waals surface area contributed by atoms with Crippen LogP contribution >= 0.6 is 11.3 Å². The number of aryl methyl sites for hydroxylation is 1. The lowest BCUT2D eigenvalue weighted by Crippen LogP contribution is -2.39. The molecule has 5 rings (SSSR count). The maximum absolute atomic E-state index is 13.6. The molecule has 1 aliphatic heterocycles. The van der Waals surface area contributed by atoms with Crippen LogP contribution in [0, 0.1) is 12.7 Å². The van der Waals surface area contributed by atoms with E-state index in [1.165, 1.54) is 23.5 Å². The van der Waals surface area contributed by atoms with Crippen LogP contribution in [0.4, 0.5) is 4.39 Å². The van der Waals surface area contributed by atoms with E-state index in [4.69, 9.17) is 0 Å². The summed E-state index contributed by atoms with van der Waals surface area (Å²) in [5.74, 6) is 0.522. The zero-order valence-corrected chi connectivity index (χ0v) is 17.3. The average Bonchev–Trinajstić information content (AvgIpc) is 3.39. The first-order chi connectivity index (χ1) is 14.6. The van der Waals surface area contributed by atoms with Crippen LogP contribution in [0.25, 0.3) is 16.8 Å². The van der Waals surface area contributed by atoms with E-state index >= 15 is 0 Å². The molecule has 0 unspecified atom stereocenters. The Balaban J connectivity index is 1.39. The Morgan fingerprint density at radius 3 is 2.90 bits per heavy atom. The van der Waals surface area contributed by atoms with Gasteiger partial charge in [-0.05, 0) is 49.6 Å². The van der Waals surface area contributed by atoms with Crippen LogP contribution in [-0.4, -0.2) is 43.5 Å². The number of fused-ring (bicyclic) bond motifs is 1. The summed E-state index contributed by atoms with van der Waals surface area (Å²) >= 11 is 1.49.